The topological polar surface area (TPSA) is 83.6 Å². The monoisotopic (exact) mass is 828 g/mol. The van der Waals surface area contributed by atoms with Crippen molar-refractivity contribution in [3.8, 4) is 11.5 Å². The van der Waals surface area contributed by atoms with E-state index in [0.717, 1.165) is 16.9 Å². The van der Waals surface area contributed by atoms with Crippen molar-refractivity contribution >= 4 is 34.7 Å². The van der Waals surface area contributed by atoms with Gasteiger partial charge in [0.1, 0.15) is 11.5 Å². The van der Waals surface area contributed by atoms with Crippen LogP contribution in [0.4, 0.5) is 26.3 Å². The standard InChI is InChI=1S/C20H17F3N2O2S.C13H13F3N2O.C8H8OS/c1-14-17(13-25(24-14)12-15-8-4-2-5-9-15)18(20(21,22)23)27-19(28)26-16-10-6-3-7-11-16;1-9-11(12(19)13(14,15)16)8-18(17-9)7-10-5-3-2-4-6-10;1-7(10)9-8-5-3-2-4-6-8/h2-11,13,18H,12H2,1H3;2-6,8,12,19H,7H2,1H3;2-6H,1H3. The second-order valence-electron chi connectivity index (χ2n) is 12.3. The smallest absolute Gasteiger partial charge is 0.430 e. The van der Waals surface area contributed by atoms with Gasteiger partial charge in [0.25, 0.3) is 0 Å². The van der Waals surface area contributed by atoms with Crippen LogP contribution in [0.15, 0.2) is 134 Å². The van der Waals surface area contributed by atoms with E-state index in [-0.39, 0.29) is 22.5 Å². The van der Waals surface area contributed by atoms with E-state index in [0.29, 0.717) is 23.9 Å². The maximum absolute atomic E-state index is 13.6. The first-order valence-electron chi connectivity index (χ1n) is 17.1. The molecule has 2 atom stereocenters. The highest BCUT2D eigenvalue weighted by molar-refractivity contribution is 7.80. The fourth-order valence-electron chi connectivity index (χ4n) is 5.14. The number of aromatic nitrogens is 4. The number of para-hydroxylation sites is 2. The molecule has 16 heteroatoms. The predicted molar refractivity (Wildman–Crippen MR) is 211 cm³/mol. The third-order valence-corrected chi connectivity index (χ3v) is 7.95. The summed E-state index contributed by atoms with van der Waals surface area (Å²) in [5, 5.41) is 17.4. The molecule has 2 aromatic heterocycles. The van der Waals surface area contributed by atoms with Gasteiger partial charge >= 0.3 is 17.6 Å². The molecule has 0 aliphatic carbocycles. The SMILES string of the molecule is CC(=S)Oc1ccccc1.Cc1nn(Cc2ccccc2)cc1C(O)C(F)(F)F.Cc1nn(Cc2ccccc2)cc1C(OC(=S)Oc1ccccc1)C(F)(F)F. The van der Waals surface area contributed by atoms with Crippen LogP contribution in [-0.2, 0) is 17.8 Å². The van der Waals surface area contributed by atoms with Crippen LogP contribution in [0.5, 0.6) is 11.5 Å². The summed E-state index contributed by atoms with van der Waals surface area (Å²) in [7, 11) is 0. The molecule has 0 fully saturated rings. The lowest BCUT2D eigenvalue weighted by Crippen LogP contribution is -2.27. The Morgan fingerprint density at radius 3 is 1.40 bits per heavy atom. The molecule has 6 rings (SSSR count). The lowest BCUT2D eigenvalue weighted by Gasteiger charge is -2.21. The predicted octanol–water partition coefficient (Wildman–Crippen LogP) is 10.5. The molecule has 0 amide bonds. The fourth-order valence-corrected chi connectivity index (χ4v) is 5.43. The molecule has 1 N–H and O–H groups in total. The number of aliphatic hydroxyl groups excluding tert-OH is 1. The Labute approximate surface area is 336 Å². The van der Waals surface area contributed by atoms with E-state index in [1.54, 1.807) is 37.3 Å². The van der Waals surface area contributed by atoms with Crippen molar-refractivity contribution < 1.29 is 45.7 Å². The Bertz CT molecular complexity index is 2150. The van der Waals surface area contributed by atoms with E-state index < -0.39 is 29.8 Å². The molecule has 2 unspecified atom stereocenters. The highest BCUT2D eigenvalue weighted by atomic mass is 32.1. The number of ether oxygens (including phenoxy) is 3. The molecular formula is C41H38F6N4O4S2. The minimum absolute atomic E-state index is 0.109. The number of hydrogen-bond acceptors (Lipinski definition) is 8. The Morgan fingerprint density at radius 2 is 1.00 bits per heavy atom. The van der Waals surface area contributed by atoms with Crippen LogP contribution in [0.1, 0.15) is 52.8 Å². The van der Waals surface area contributed by atoms with Gasteiger partial charge in [0.2, 0.25) is 6.10 Å². The number of halogens is 6. The summed E-state index contributed by atoms with van der Waals surface area (Å²) in [4.78, 5) is 0. The molecule has 0 saturated heterocycles. The average molecular weight is 829 g/mol. The summed E-state index contributed by atoms with van der Waals surface area (Å²) in [6, 6.07) is 36.3. The van der Waals surface area contributed by atoms with Crippen molar-refractivity contribution in [1.82, 2.24) is 19.6 Å². The Hall–Kier alpha value is -5.58. The summed E-state index contributed by atoms with van der Waals surface area (Å²) in [6.45, 7) is 5.41. The van der Waals surface area contributed by atoms with Crippen LogP contribution >= 0.6 is 24.4 Å². The molecule has 0 aliphatic rings. The summed E-state index contributed by atoms with van der Waals surface area (Å²) in [6.07, 6.45) is -11.6. The van der Waals surface area contributed by atoms with Gasteiger partial charge in [-0.05, 0) is 61.5 Å². The first-order chi connectivity index (χ1) is 27.0. The number of benzene rings is 4. The van der Waals surface area contributed by atoms with Gasteiger partial charge in [0.05, 0.1) is 24.5 Å². The van der Waals surface area contributed by atoms with Crippen LogP contribution in [0.3, 0.4) is 0 Å². The molecule has 4 aromatic carbocycles. The molecule has 57 heavy (non-hydrogen) atoms. The van der Waals surface area contributed by atoms with E-state index in [4.69, 9.17) is 38.6 Å². The van der Waals surface area contributed by atoms with Gasteiger partial charge in [0.15, 0.2) is 11.2 Å². The lowest BCUT2D eigenvalue weighted by molar-refractivity contribution is -0.207. The third-order valence-electron chi connectivity index (χ3n) is 7.69. The van der Waals surface area contributed by atoms with Gasteiger partial charge < -0.3 is 19.3 Å². The van der Waals surface area contributed by atoms with Crippen LogP contribution in [-0.4, -0.2) is 47.3 Å². The second kappa shape index (κ2) is 20.5. The zero-order valence-corrected chi connectivity index (χ0v) is 32.4. The van der Waals surface area contributed by atoms with Crippen LogP contribution < -0.4 is 9.47 Å². The highest BCUT2D eigenvalue weighted by Gasteiger charge is 2.46. The summed E-state index contributed by atoms with van der Waals surface area (Å²) < 4.78 is 96.5. The van der Waals surface area contributed by atoms with Crippen molar-refractivity contribution in [2.45, 2.75) is 58.4 Å². The van der Waals surface area contributed by atoms with Gasteiger partial charge in [0, 0.05) is 42.7 Å². The molecule has 8 nitrogen and oxygen atoms in total. The van der Waals surface area contributed by atoms with E-state index in [2.05, 4.69) is 10.2 Å². The maximum atomic E-state index is 13.6. The van der Waals surface area contributed by atoms with Crippen molar-refractivity contribution in [1.29, 1.82) is 0 Å². The van der Waals surface area contributed by atoms with Gasteiger partial charge in [-0.1, -0.05) is 97.1 Å². The van der Waals surface area contributed by atoms with E-state index in [9.17, 15) is 31.4 Å². The largest absolute Gasteiger partial charge is 0.451 e. The Kier molecular flexibility index (Phi) is 15.9. The molecular weight excluding hydrogens is 791 g/mol. The molecule has 6 aromatic rings. The number of hydrogen-bond donors (Lipinski definition) is 1. The molecule has 0 saturated carbocycles. The van der Waals surface area contributed by atoms with Crippen molar-refractivity contribution in [2.75, 3.05) is 0 Å². The van der Waals surface area contributed by atoms with E-state index in [1.165, 1.54) is 35.6 Å². The normalized spacial score (nSPS) is 12.2. The molecule has 300 valence electrons. The minimum Gasteiger partial charge on any atom is -0.451 e. The van der Waals surface area contributed by atoms with Gasteiger partial charge in [-0.3, -0.25) is 9.36 Å². The number of aliphatic hydroxyl groups is 1. The highest BCUT2D eigenvalue weighted by Crippen LogP contribution is 2.38. The maximum Gasteiger partial charge on any atom is 0.430 e. The van der Waals surface area contributed by atoms with Crippen molar-refractivity contribution in [3.63, 3.8) is 0 Å². The number of nitrogens with zero attached hydrogens (tertiary/aromatic N) is 4. The van der Waals surface area contributed by atoms with Gasteiger partial charge in [-0.2, -0.15) is 36.5 Å². The molecule has 0 radical (unpaired) electrons. The molecule has 0 spiro atoms. The molecule has 0 aliphatic heterocycles. The fraction of sp³-hybridized carbons (Fsp3) is 0.220. The van der Waals surface area contributed by atoms with Gasteiger partial charge in [-0.25, -0.2) is 0 Å². The first-order valence-corrected chi connectivity index (χ1v) is 18.0. The zero-order chi connectivity index (χ0) is 41.6. The number of rotatable bonds is 9. The van der Waals surface area contributed by atoms with E-state index >= 15 is 0 Å². The summed E-state index contributed by atoms with van der Waals surface area (Å²) in [5.41, 5.74) is 1.93. The minimum atomic E-state index is -4.69. The van der Waals surface area contributed by atoms with Crippen molar-refractivity contribution in [3.05, 3.63) is 167 Å². The Morgan fingerprint density at radius 1 is 0.614 bits per heavy atom. The molecule has 0 bridgehead atoms. The average Bonchev–Trinajstić information content (AvgIpc) is 3.71. The van der Waals surface area contributed by atoms with Crippen molar-refractivity contribution in [2.24, 2.45) is 0 Å². The van der Waals surface area contributed by atoms with Gasteiger partial charge in [-0.15, -0.1) is 0 Å². The number of thiocarbonyl (C=S) groups is 2. The quantitative estimate of drug-likeness (QED) is 0.114. The molecule has 2 heterocycles. The van der Waals surface area contributed by atoms with Crippen LogP contribution in [0, 0.1) is 13.8 Å². The number of alkyl halides is 6. The third kappa shape index (κ3) is 14.5. The van der Waals surface area contributed by atoms with Crippen LogP contribution in [0.25, 0.3) is 0 Å². The first kappa shape index (κ1) is 44.1. The Balaban J connectivity index is 0.000000213. The zero-order valence-electron chi connectivity index (χ0n) is 30.8. The van der Waals surface area contributed by atoms with E-state index in [1.807, 2.05) is 91.0 Å². The summed E-state index contributed by atoms with van der Waals surface area (Å²) >= 11 is 9.62. The van der Waals surface area contributed by atoms with Crippen LogP contribution in [0.2, 0.25) is 0 Å². The summed E-state index contributed by atoms with van der Waals surface area (Å²) in [5.74, 6) is 1.10. The lowest BCUT2D eigenvalue weighted by atomic mass is 10.1. The second-order valence-corrected chi connectivity index (χ2v) is 13.2. The number of aryl methyl sites for hydroxylation is 2.